The molecule has 21 heteroatoms. The number of fused-ring (bicyclic) bond motifs is 8. The number of ether oxygens (including phenoxy) is 6. The Kier molecular flexibility index (Phi) is 22.1. The smallest absolute Gasteiger partial charge is 0.404 e. The number of hydrogen-bond acceptors (Lipinski definition) is 18. The molecule has 21 nitrogen and oxygen atoms in total. The fraction of sp³-hybridized carbons (Fsp3) is 0.615. The first-order chi connectivity index (χ1) is 34.9. The number of amides is 2. The maximum absolute atomic E-state index is 14.2. The summed E-state index contributed by atoms with van der Waals surface area (Å²) in [7, 11) is 7.98. The fourth-order valence-electron chi connectivity index (χ4n) is 9.73. The first-order valence-electron chi connectivity index (χ1n) is 24.9. The molecule has 5 heterocycles. The number of carbonyl (C=O) groups is 4. The van der Waals surface area contributed by atoms with Crippen molar-refractivity contribution in [2.24, 2.45) is 47.0 Å². The van der Waals surface area contributed by atoms with Crippen molar-refractivity contribution in [1.82, 2.24) is 29.9 Å². The zero-order chi connectivity index (χ0) is 53.4. The van der Waals surface area contributed by atoms with Crippen molar-refractivity contribution >= 4 is 30.3 Å². The van der Waals surface area contributed by atoms with E-state index in [0.29, 0.717) is 65.9 Å². The van der Waals surface area contributed by atoms with E-state index >= 15 is 0 Å². The van der Waals surface area contributed by atoms with Crippen LogP contribution in [0.3, 0.4) is 0 Å². The molecule has 4 aromatic rings. The monoisotopic (exact) mass is 1020 g/mol. The third-order valence-electron chi connectivity index (χ3n) is 14.1. The number of primary amides is 1. The Morgan fingerprint density at radius 1 is 0.986 bits per heavy atom. The molecule has 0 aromatic carbocycles. The molecule has 402 valence electrons. The Balaban J connectivity index is 1.44. The number of furan rings is 1. The van der Waals surface area contributed by atoms with E-state index < -0.39 is 60.5 Å². The molecule has 0 spiro atoms. The molecule has 2 amide bonds. The van der Waals surface area contributed by atoms with Crippen molar-refractivity contribution < 1.29 is 60.9 Å². The van der Waals surface area contributed by atoms with Gasteiger partial charge in [0, 0.05) is 84.7 Å². The number of Topliss-reactive ketones (excluding diaryl/α,β-unsaturated/α-hetero) is 1. The lowest BCUT2D eigenvalue weighted by atomic mass is 9.84. The van der Waals surface area contributed by atoms with Gasteiger partial charge in [0.25, 0.3) is 0 Å². The summed E-state index contributed by atoms with van der Waals surface area (Å²) in [6.45, 7) is 11.9. The van der Waals surface area contributed by atoms with Crippen LogP contribution in [-0.2, 0) is 49.3 Å². The summed E-state index contributed by atoms with van der Waals surface area (Å²) in [6.07, 6.45) is 11.3. The van der Waals surface area contributed by atoms with Gasteiger partial charge in [0.2, 0.25) is 18.2 Å². The topological polar surface area (TPSA) is 275 Å². The average Bonchev–Trinajstić information content (AvgIpc) is 4.22. The molecule has 0 radical (unpaired) electrons. The van der Waals surface area contributed by atoms with Crippen molar-refractivity contribution in [2.45, 2.75) is 136 Å². The molecule has 0 saturated heterocycles. The minimum Gasteiger partial charge on any atom is -0.462 e. The minimum atomic E-state index is -1.03. The maximum Gasteiger partial charge on any atom is 0.404 e. The number of carbonyl (C=O) groups excluding carboxylic acids is 4. The zero-order valence-corrected chi connectivity index (χ0v) is 44.1. The summed E-state index contributed by atoms with van der Waals surface area (Å²) < 4.78 is 55.4. The van der Waals surface area contributed by atoms with E-state index in [-0.39, 0.29) is 67.7 Å². The molecule has 4 N–H and O–H groups in total. The van der Waals surface area contributed by atoms with Crippen molar-refractivity contribution in [1.29, 1.82) is 0 Å². The summed E-state index contributed by atoms with van der Waals surface area (Å²) in [5.74, 6) is -1.15. The molecule has 13 atom stereocenters. The molecule has 73 heavy (non-hydrogen) atoms. The van der Waals surface area contributed by atoms with Crippen LogP contribution < -0.4 is 11.5 Å². The highest BCUT2D eigenvalue weighted by Gasteiger charge is 2.37. The third-order valence-corrected chi connectivity index (χ3v) is 14.1. The van der Waals surface area contributed by atoms with Crippen LogP contribution in [0.5, 0.6) is 0 Å². The van der Waals surface area contributed by atoms with Gasteiger partial charge >= 0.3 is 12.1 Å². The van der Waals surface area contributed by atoms with Crippen molar-refractivity contribution in [3.05, 3.63) is 66.7 Å². The minimum absolute atomic E-state index is 0.0232. The second-order valence-corrected chi connectivity index (χ2v) is 19.4. The van der Waals surface area contributed by atoms with E-state index in [1.807, 2.05) is 53.7 Å². The molecule has 0 saturated carbocycles. The molecule has 1 unspecified atom stereocenters. The second-order valence-electron chi connectivity index (χ2n) is 19.4. The maximum atomic E-state index is 14.2. The molecule has 5 rings (SSSR count). The zero-order valence-electron chi connectivity index (χ0n) is 44.1. The second kappa shape index (κ2) is 27.9. The lowest BCUT2D eigenvalue weighted by molar-refractivity contribution is -0.160. The summed E-state index contributed by atoms with van der Waals surface area (Å²) in [5.41, 5.74) is 13.7. The summed E-state index contributed by atoms with van der Waals surface area (Å²) in [4.78, 5) is 62.3. The molecular formula is C52H76N8O13. The Bertz CT molecular complexity index is 2410. The predicted molar refractivity (Wildman–Crippen MR) is 267 cm³/mol. The van der Waals surface area contributed by atoms with Gasteiger partial charge in [0.05, 0.1) is 48.2 Å². The quantitative estimate of drug-likeness (QED) is 0.0671. The first-order valence-corrected chi connectivity index (χ1v) is 24.9. The standard InChI is InChI=1S/C52H76N8O13/c1-30-19-38(72-52(54)64)22-48(63)73-45(23-44(66-9)31(2)15-16-42(62)34(5)49(67-10)32(3)17-18-59(7)29-61)35(6)43(65-8)13-12-14-47-55-39(27-70-47)46-21-36(26-69-46)51-56-40(28-71-51)50(68-11)33(4)41(20-30)60-25-37(24-53)57-58-60/h12,14,17-18,21,25-35,38,41,43-45,49-50H,13,15-16,19-20,22-24,53H2,1-11H3,(H2,54,64)/b14-12+,18-17+/t30-,31-,32+,33-,34-,35-,38?,41+,43-,44+,45-,49+,50-/m0/s1. The van der Waals surface area contributed by atoms with E-state index in [4.69, 9.17) is 58.1 Å². The number of aromatic nitrogens is 5. The van der Waals surface area contributed by atoms with Crippen LogP contribution in [-0.4, -0.2) is 120 Å². The van der Waals surface area contributed by atoms with E-state index in [9.17, 15) is 19.2 Å². The average molecular weight is 1020 g/mol. The first kappa shape index (κ1) is 57.9. The van der Waals surface area contributed by atoms with Crippen molar-refractivity contribution in [3.63, 3.8) is 0 Å². The number of esters is 1. The van der Waals surface area contributed by atoms with Crippen LogP contribution in [0.25, 0.3) is 29.0 Å². The normalized spacial score (nSPS) is 25.1. The number of cyclic esters (lactones) is 1. The lowest BCUT2D eigenvalue weighted by Crippen LogP contribution is -2.39. The number of oxazole rings is 2. The molecule has 1 aliphatic rings. The van der Waals surface area contributed by atoms with Crippen molar-refractivity contribution in [2.75, 3.05) is 35.5 Å². The van der Waals surface area contributed by atoms with Gasteiger partial charge in [-0.15, -0.1) is 5.10 Å². The molecule has 1 aliphatic heterocycles. The molecule has 0 aliphatic carbocycles. The van der Waals surface area contributed by atoms with E-state index in [1.165, 1.54) is 17.4 Å². The highest BCUT2D eigenvalue weighted by atomic mass is 16.6. The molecule has 4 aromatic heterocycles. The number of ketones is 1. The molecule has 0 fully saturated rings. The van der Waals surface area contributed by atoms with Crippen LogP contribution >= 0.6 is 0 Å². The van der Waals surface area contributed by atoms with Crippen LogP contribution in [0.15, 0.2) is 62.7 Å². The largest absolute Gasteiger partial charge is 0.462 e. The highest BCUT2D eigenvalue weighted by molar-refractivity contribution is 5.81. The highest BCUT2D eigenvalue weighted by Crippen LogP contribution is 2.39. The number of nitrogens with zero attached hydrogens (tertiary/aromatic N) is 6. The number of hydrogen-bond donors (Lipinski definition) is 2. The fourth-order valence-corrected chi connectivity index (χ4v) is 9.73. The number of rotatable bonds is 19. The van der Waals surface area contributed by atoms with Gasteiger partial charge in [-0.05, 0) is 49.7 Å². The van der Waals surface area contributed by atoms with Gasteiger partial charge in [-0.2, -0.15) is 0 Å². The number of methoxy groups -OCH3 is 4. The molecule has 6 bridgehead atoms. The van der Waals surface area contributed by atoms with Gasteiger partial charge < -0.3 is 58.0 Å². The summed E-state index contributed by atoms with van der Waals surface area (Å²) >= 11 is 0. The SMILES string of the molecule is CO[C@H]([C@H](C)/C=C/N(C)C=O)[C@@H](C)C(=O)CC[C@H](C)[C@@H](C[C@@H]1OC(=O)CC(OC(N)=O)C[C@H](C)C[C@@H](n2cc(CN)nn2)[C@H](C)[C@H](OC)c2coc(n2)-c2coc(c2)-c2coc(n2)/C=C/C[C@H](OC)[C@@H]1C)OC. The molecular weight excluding hydrogens is 945 g/mol. The van der Waals surface area contributed by atoms with Gasteiger partial charge in [0.15, 0.2) is 5.76 Å². The Labute approximate surface area is 427 Å². The third kappa shape index (κ3) is 16.0. The number of nitrogens with two attached hydrogens (primary N) is 2. The Hall–Kier alpha value is -6.00. The van der Waals surface area contributed by atoms with Crippen LogP contribution in [0.1, 0.15) is 116 Å². The van der Waals surface area contributed by atoms with Gasteiger partial charge in [-0.1, -0.05) is 58.9 Å². The van der Waals surface area contributed by atoms with Gasteiger partial charge in [0.1, 0.15) is 54.3 Å². The van der Waals surface area contributed by atoms with Gasteiger partial charge in [-0.25, -0.2) is 19.4 Å². The Morgan fingerprint density at radius 2 is 1.75 bits per heavy atom. The van der Waals surface area contributed by atoms with Crippen molar-refractivity contribution in [3.8, 4) is 22.9 Å². The van der Waals surface area contributed by atoms with Crippen LogP contribution in [0, 0.1) is 35.5 Å². The lowest BCUT2D eigenvalue weighted by Gasteiger charge is -2.34. The summed E-state index contributed by atoms with van der Waals surface area (Å²) in [6, 6.07) is 1.41. The van der Waals surface area contributed by atoms with E-state index in [1.54, 1.807) is 71.0 Å². The van der Waals surface area contributed by atoms with Crippen LogP contribution in [0.4, 0.5) is 4.79 Å². The Morgan fingerprint density at radius 3 is 2.41 bits per heavy atom. The van der Waals surface area contributed by atoms with Gasteiger partial charge in [-0.3, -0.25) is 14.4 Å². The predicted octanol–water partition coefficient (Wildman–Crippen LogP) is 7.73. The van der Waals surface area contributed by atoms with E-state index in [0.717, 1.165) is 0 Å². The van der Waals surface area contributed by atoms with Crippen LogP contribution in [0.2, 0.25) is 0 Å². The van der Waals surface area contributed by atoms with E-state index in [2.05, 4.69) is 15.3 Å². The summed E-state index contributed by atoms with van der Waals surface area (Å²) in [5, 5.41) is 8.71.